The van der Waals surface area contributed by atoms with Crippen molar-refractivity contribution in [2.45, 2.75) is 24.3 Å². The van der Waals surface area contributed by atoms with Crippen LogP contribution in [0.25, 0.3) is 0 Å². The fourth-order valence-corrected chi connectivity index (χ4v) is 2.96. The Morgan fingerprint density at radius 2 is 1.76 bits per heavy atom. The molecule has 0 aliphatic carbocycles. The molecule has 0 fully saturated rings. The largest absolute Gasteiger partial charge is 0.271 e. The molecule has 0 aliphatic rings. The third-order valence-electron chi connectivity index (χ3n) is 3.28. The summed E-state index contributed by atoms with van der Waals surface area (Å²) in [4.78, 5) is 0.979. The molecule has 0 saturated carbocycles. The second-order valence-electron chi connectivity index (χ2n) is 4.90. The van der Waals surface area contributed by atoms with Crippen LogP contribution in [0.3, 0.4) is 0 Å². The lowest BCUT2D eigenvalue weighted by Gasteiger charge is -2.17. The summed E-state index contributed by atoms with van der Waals surface area (Å²) in [5, 5.41) is 0. The summed E-state index contributed by atoms with van der Waals surface area (Å²) in [6, 6.07) is 11.1. The Morgan fingerprint density at radius 3 is 2.43 bits per heavy atom. The van der Waals surface area contributed by atoms with Crippen LogP contribution in [-0.4, -0.2) is 11.8 Å². The van der Waals surface area contributed by atoms with Gasteiger partial charge in [-0.25, -0.2) is 8.78 Å². The molecule has 0 bridgehead atoms. The van der Waals surface area contributed by atoms with Gasteiger partial charge in [0.1, 0.15) is 11.6 Å². The third kappa shape index (κ3) is 4.81. The number of aryl methyl sites for hydroxylation is 1. The van der Waals surface area contributed by atoms with E-state index in [0.29, 0.717) is 6.42 Å². The Bertz CT molecular complexity index is 587. The highest BCUT2D eigenvalue weighted by Crippen LogP contribution is 2.21. The molecule has 2 nitrogen and oxygen atoms in total. The van der Waals surface area contributed by atoms with Gasteiger partial charge in [0, 0.05) is 16.7 Å². The SMILES string of the molecule is Cc1ccc(F)cc1CC(CSc1ccc(F)cc1)NN. The van der Waals surface area contributed by atoms with Gasteiger partial charge in [-0.15, -0.1) is 11.8 Å². The van der Waals surface area contributed by atoms with E-state index in [2.05, 4.69) is 5.43 Å². The van der Waals surface area contributed by atoms with Crippen molar-refractivity contribution in [1.29, 1.82) is 0 Å². The summed E-state index contributed by atoms with van der Waals surface area (Å²) in [6.45, 7) is 1.95. The number of hydrogen-bond acceptors (Lipinski definition) is 3. The Morgan fingerprint density at radius 1 is 1.10 bits per heavy atom. The maximum absolute atomic E-state index is 13.3. The highest BCUT2D eigenvalue weighted by Gasteiger charge is 2.11. The van der Waals surface area contributed by atoms with Gasteiger partial charge in [-0.2, -0.15) is 0 Å². The van der Waals surface area contributed by atoms with E-state index >= 15 is 0 Å². The van der Waals surface area contributed by atoms with Gasteiger partial charge >= 0.3 is 0 Å². The maximum Gasteiger partial charge on any atom is 0.123 e. The first kappa shape index (κ1) is 15.9. The molecule has 0 spiro atoms. The lowest BCUT2D eigenvalue weighted by atomic mass is 10.0. The van der Waals surface area contributed by atoms with Gasteiger partial charge in [-0.1, -0.05) is 6.07 Å². The minimum Gasteiger partial charge on any atom is -0.271 e. The van der Waals surface area contributed by atoms with Crippen LogP contribution in [0.4, 0.5) is 8.78 Å². The predicted molar refractivity (Wildman–Crippen MR) is 83.1 cm³/mol. The number of nitrogens with two attached hydrogens (primary N) is 1. The molecule has 0 saturated heterocycles. The Labute approximate surface area is 127 Å². The molecule has 0 radical (unpaired) electrons. The standard InChI is InChI=1S/C16H18F2N2S/c1-11-2-3-14(18)8-12(11)9-15(20-19)10-21-16-6-4-13(17)5-7-16/h2-8,15,20H,9-10,19H2,1H3. The highest BCUT2D eigenvalue weighted by molar-refractivity contribution is 7.99. The number of hydrazine groups is 1. The van der Waals surface area contributed by atoms with Crippen molar-refractivity contribution in [3.63, 3.8) is 0 Å². The van der Waals surface area contributed by atoms with Crippen LogP contribution in [0.1, 0.15) is 11.1 Å². The molecule has 1 atom stereocenters. The fraction of sp³-hybridized carbons (Fsp3) is 0.250. The van der Waals surface area contributed by atoms with Gasteiger partial charge in [0.05, 0.1) is 0 Å². The summed E-state index contributed by atoms with van der Waals surface area (Å²) in [5.74, 6) is 5.81. The second kappa shape index (κ2) is 7.54. The molecule has 5 heteroatoms. The molecule has 2 rings (SSSR count). The fourth-order valence-electron chi connectivity index (χ4n) is 2.02. The zero-order valence-electron chi connectivity index (χ0n) is 11.8. The molecule has 0 heterocycles. The van der Waals surface area contributed by atoms with Gasteiger partial charge in [0.15, 0.2) is 0 Å². The first-order valence-electron chi connectivity index (χ1n) is 6.68. The zero-order valence-corrected chi connectivity index (χ0v) is 12.6. The van der Waals surface area contributed by atoms with Crippen LogP contribution in [0.5, 0.6) is 0 Å². The van der Waals surface area contributed by atoms with E-state index in [-0.39, 0.29) is 17.7 Å². The van der Waals surface area contributed by atoms with Crippen molar-refractivity contribution in [2.24, 2.45) is 5.84 Å². The third-order valence-corrected chi connectivity index (χ3v) is 4.45. The van der Waals surface area contributed by atoms with Crippen molar-refractivity contribution in [1.82, 2.24) is 5.43 Å². The molecule has 112 valence electrons. The Hall–Kier alpha value is -1.43. The predicted octanol–water partition coefficient (Wildman–Crippen LogP) is 3.44. The minimum absolute atomic E-state index is 0.0144. The average molecular weight is 308 g/mol. The van der Waals surface area contributed by atoms with E-state index in [1.807, 2.05) is 6.92 Å². The highest BCUT2D eigenvalue weighted by atomic mass is 32.2. The molecule has 0 amide bonds. The van der Waals surface area contributed by atoms with Gasteiger partial charge in [-0.05, 0) is 60.9 Å². The van der Waals surface area contributed by atoms with Crippen LogP contribution in [0.2, 0.25) is 0 Å². The van der Waals surface area contributed by atoms with Crippen molar-refractivity contribution in [3.05, 3.63) is 65.2 Å². The Balaban J connectivity index is 1.96. The number of benzene rings is 2. The summed E-state index contributed by atoms with van der Waals surface area (Å²) in [5.41, 5.74) is 4.75. The van der Waals surface area contributed by atoms with Gasteiger partial charge < -0.3 is 0 Å². The normalized spacial score (nSPS) is 12.4. The second-order valence-corrected chi connectivity index (χ2v) is 6.00. The summed E-state index contributed by atoms with van der Waals surface area (Å²) < 4.78 is 26.1. The monoisotopic (exact) mass is 308 g/mol. The van der Waals surface area contributed by atoms with E-state index in [1.165, 1.54) is 18.2 Å². The van der Waals surface area contributed by atoms with Crippen molar-refractivity contribution in [2.75, 3.05) is 5.75 Å². The van der Waals surface area contributed by atoms with Crippen LogP contribution in [0, 0.1) is 18.6 Å². The van der Waals surface area contributed by atoms with E-state index in [9.17, 15) is 8.78 Å². The smallest absolute Gasteiger partial charge is 0.123 e. The first-order valence-corrected chi connectivity index (χ1v) is 7.66. The number of hydrogen-bond donors (Lipinski definition) is 2. The minimum atomic E-state index is -0.247. The molecule has 1 unspecified atom stereocenters. The average Bonchev–Trinajstić information content (AvgIpc) is 2.48. The number of nitrogens with one attached hydrogen (secondary N) is 1. The molecule has 0 aliphatic heterocycles. The maximum atomic E-state index is 13.3. The summed E-state index contributed by atoms with van der Waals surface area (Å²) in [7, 11) is 0. The van der Waals surface area contributed by atoms with Crippen molar-refractivity contribution in [3.8, 4) is 0 Å². The first-order chi connectivity index (χ1) is 10.1. The topological polar surface area (TPSA) is 38.0 Å². The van der Waals surface area contributed by atoms with E-state index < -0.39 is 0 Å². The number of halogens is 2. The van der Waals surface area contributed by atoms with Gasteiger partial charge in [-0.3, -0.25) is 11.3 Å². The number of rotatable bonds is 6. The van der Waals surface area contributed by atoms with E-state index in [0.717, 1.165) is 21.8 Å². The van der Waals surface area contributed by atoms with Gasteiger partial charge in [0.2, 0.25) is 0 Å². The molecule has 21 heavy (non-hydrogen) atoms. The zero-order chi connectivity index (χ0) is 15.2. The number of thioether (sulfide) groups is 1. The molecule has 2 aromatic carbocycles. The van der Waals surface area contributed by atoms with Crippen LogP contribution in [0.15, 0.2) is 47.4 Å². The van der Waals surface area contributed by atoms with Crippen LogP contribution >= 0.6 is 11.8 Å². The molecule has 3 N–H and O–H groups in total. The molecular formula is C16H18F2N2S. The molecular weight excluding hydrogens is 290 g/mol. The van der Waals surface area contributed by atoms with Crippen LogP contribution in [-0.2, 0) is 6.42 Å². The van der Waals surface area contributed by atoms with Crippen molar-refractivity contribution >= 4 is 11.8 Å². The summed E-state index contributed by atoms with van der Waals surface area (Å²) in [6.07, 6.45) is 0.647. The molecule has 0 aromatic heterocycles. The quantitative estimate of drug-likeness (QED) is 0.488. The lowest BCUT2D eigenvalue weighted by molar-refractivity contribution is 0.569. The Kier molecular flexibility index (Phi) is 5.73. The van der Waals surface area contributed by atoms with E-state index in [4.69, 9.17) is 5.84 Å². The molecule has 2 aromatic rings. The van der Waals surface area contributed by atoms with Gasteiger partial charge in [0.25, 0.3) is 0 Å². The van der Waals surface area contributed by atoms with Crippen molar-refractivity contribution < 1.29 is 8.78 Å². The van der Waals surface area contributed by atoms with Crippen LogP contribution < -0.4 is 11.3 Å². The lowest BCUT2D eigenvalue weighted by Crippen LogP contribution is -2.38. The summed E-state index contributed by atoms with van der Waals surface area (Å²) >= 11 is 1.59. The van der Waals surface area contributed by atoms with E-state index in [1.54, 1.807) is 36.0 Å².